The molecule has 1 N–H and O–H groups in total. The molecule has 1 unspecified atom stereocenters. The smallest absolute Gasteiger partial charge is 0.133 e. The Morgan fingerprint density at radius 2 is 1.76 bits per heavy atom. The summed E-state index contributed by atoms with van der Waals surface area (Å²) in [6.45, 7) is 5.76. The van der Waals surface area contributed by atoms with Crippen molar-refractivity contribution in [2.45, 2.75) is 18.9 Å². The van der Waals surface area contributed by atoms with Gasteiger partial charge in [0.15, 0.2) is 0 Å². The third kappa shape index (κ3) is 5.47. The van der Waals surface area contributed by atoms with Crippen LogP contribution in [0.3, 0.4) is 0 Å². The highest BCUT2D eigenvalue weighted by atomic mass is 15.1. The van der Waals surface area contributed by atoms with Crippen molar-refractivity contribution in [3.63, 3.8) is 0 Å². The topological polar surface area (TPSA) is 42.3 Å². The SMILES string of the molecule is CCNC(C#N)(CCN(C)CCN(C)C)c1ccccc1. The number of nitrogens with one attached hydrogen (secondary N) is 1. The predicted molar refractivity (Wildman–Crippen MR) is 88.1 cm³/mol. The molecule has 0 heterocycles. The third-order valence-electron chi connectivity index (χ3n) is 3.73. The summed E-state index contributed by atoms with van der Waals surface area (Å²) in [5, 5.41) is 13.1. The lowest BCUT2D eigenvalue weighted by Gasteiger charge is -2.30. The zero-order valence-electron chi connectivity index (χ0n) is 13.8. The molecule has 0 aromatic heterocycles. The van der Waals surface area contributed by atoms with Crippen LogP contribution in [0, 0.1) is 11.3 Å². The molecule has 0 bridgehead atoms. The summed E-state index contributed by atoms with van der Waals surface area (Å²) in [5.74, 6) is 0. The van der Waals surface area contributed by atoms with Gasteiger partial charge in [-0.05, 0) is 39.7 Å². The molecule has 4 heteroatoms. The Labute approximate surface area is 129 Å². The molecular formula is C17H28N4. The van der Waals surface area contributed by atoms with Gasteiger partial charge in [-0.3, -0.25) is 5.32 Å². The van der Waals surface area contributed by atoms with Gasteiger partial charge in [-0.25, -0.2) is 0 Å². The van der Waals surface area contributed by atoms with Crippen molar-refractivity contribution in [2.24, 2.45) is 0 Å². The Morgan fingerprint density at radius 3 is 2.29 bits per heavy atom. The van der Waals surface area contributed by atoms with Crippen LogP contribution in [0.25, 0.3) is 0 Å². The minimum atomic E-state index is -0.595. The van der Waals surface area contributed by atoms with Crippen molar-refractivity contribution < 1.29 is 0 Å². The van der Waals surface area contributed by atoms with Gasteiger partial charge in [0.05, 0.1) is 6.07 Å². The van der Waals surface area contributed by atoms with E-state index in [4.69, 9.17) is 0 Å². The van der Waals surface area contributed by atoms with Crippen molar-refractivity contribution in [1.29, 1.82) is 5.26 Å². The van der Waals surface area contributed by atoms with Crippen LogP contribution in [0.2, 0.25) is 0 Å². The maximum atomic E-state index is 9.75. The molecule has 1 aromatic carbocycles. The van der Waals surface area contributed by atoms with Crippen molar-refractivity contribution in [2.75, 3.05) is 47.3 Å². The second kappa shape index (κ2) is 8.78. The van der Waals surface area contributed by atoms with Gasteiger partial charge in [0, 0.05) is 19.6 Å². The van der Waals surface area contributed by atoms with E-state index in [9.17, 15) is 5.26 Å². The number of rotatable bonds is 9. The summed E-state index contributed by atoms with van der Waals surface area (Å²) in [6, 6.07) is 12.5. The lowest BCUT2D eigenvalue weighted by atomic mass is 9.87. The molecule has 0 aliphatic carbocycles. The van der Waals surface area contributed by atoms with Gasteiger partial charge < -0.3 is 9.80 Å². The molecular weight excluding hydrogens is 260 g/mol. The lowest BCUT2D eigenvalue weighted by Crippen LogP contribution is -2.44. The average Bonchev–Trinajstić information content (AvgIpc) is 2.50. The number of hydrogen-bond acceptors (Lipinski definition) is 4. The molecule has 116 valence electrons. The van der Waals surface area contributed by atoms with E-state index >= 15 is 0 Å². The average molecular weight is 288 g/mol. The minimum Gasteiger partial charge on any atom is -0.308 e. The van der Waals surface area contributed by atoms with Crippen molar-refractivity contribution >= 4 is 0 Å². The van der Waals surface area contributed by atoms with Crippen LogP contribution in [0.15, 0.2) is 30.3 Å². The van der Waals surface area contributed by atoms with Gasteiger partial charge in [0.25, 0.3) is 0 Å². The molecule has 0 spiro atoms. The molecule has 0 fully saturated rings. The van der Waals surface area contributed by atoms with Gasteiger partial charge in [0.1, 0.15) is 5.54 Å². The number of nitriles is 1. The fourth-order valence-electron chi connectivity index (χ4n) is 2.36. The van der Waals surface area contributed by atoms with E-state index < -0.39 is 5.54 Å². The Morgan fingerprint density at radius 1 is 1.10 bits per heavy atom. The monoisotopic (exact) mass is 288 g/mol. The first kappa shape index (κ1) is 17.6. The van der Waals surface area contributed by atoms with E-state index in [2.05, 4.69) is 42.3 Å². The molecule has 0 saturated carbocycles. The maximum Gasteiger partial charge on any atom is 0.133 e. The quantitative estimate of drug-likeness (QED) is 0.753. The number of nitrogens with zero attached hydrogens (tertiary/aromatic N) is 3. The molecule has 4 nitrogen and oxygen atoms in total. The van der Waals surface area contributed by atoms with E-state index in [0.717, 1.165) is 38.2 Å². The summed E-state index contributed by atoms with van der Waals surface area (Å²) in [4.78, 5) is 4.46. The zero-order chi connectivity index (χ0) is 15.7. The maximum absolute atomic E-state index is 9.75. The van der Waals surface area contributed by atoms with E-state index in [1.165, 1.54) is 0 Å². The van der Waals surface area contributed by atoms with E-state index in [0.29, 0.717) is 0 Å². The van der Waals surface area contributed by atoms with Gasteiger partial charge in [-0.2, -0.15) is 5.26 Å². The van der Waals surface area contributed by atoms with Crippen LogP contribution < -0.4 is 5.32 Å². The molecule has 1 atom stereocenters. The first-order chi connectivity index (χ1) is 10.0. The van der Waals surface area contributed by atoms with Gasteiger partial charge in [0.2, 0.25) is 0 Å². The van der Waals surface area contributed by atoms with Gasteiger partial charge >= 0.3 is 0 Å². The third-order valence-corrected chi connectivity index (χ3v) is 3.73. The van der Waals surface area contributed by atoms with Crippen molar-refractivity contribution in [1.82, 2.24) is 15.1 Å². The Kier molecular flexibility index (Phi) is 7.38. The first-order valence-electron chi connectivity index (χ1n) is 7.59. The summed E-state index contributed by atoms with van der Waals surface area (Å²) in [7, 11) is 6.27. The second-order valence-electron chi connectivity index (χ2n) is 5.77. The molecule has 1 aromatic rings. The second-order valence-corrected chi connectivity index (χ2v) is 5.77. The Hall–Kier alpha value is -1.41. The molecule has 0 amide bonds. The minimum absolute atomic E-state index is 0.595. The normalized spacial score (nSPS) is 14.1. The van der Waals surface area contributed by atoms with Crippen molar-refractivity contribution in [3.8, 4) is 6.07 Å². The molecule has 1 rings (SSSR count). The van der Waals surface area contributed by atoms with E-state index in [-0.39, 0.29) is 0 Å². The van der Waals surface area contributed by atoms with Crippen LogP contribution in [0.4, 0.5) is 0 Å². The highest BCUT2D eigenvalue weighted by molar-refractivity contribution is 5.31. The Bertz CT molecular complexity index is 438. The van der Waals surface area contributed by atoms with Crippen LogP contribution >= 0.6 is 0 Å². The highest BCUT2D eigenvalue weighted by Crippen LogP contribution is 2.24. The molecule has 0 aliphatic rings. The summed E-state index contributed by atoms with van der Waals surface area (Å²) in [6.07, 6.45) is 0.783. The standard InChI is InChI=1S/C17H28N4/c1-5-19-17(15-18,16-9-7-6-8-10-16)11-12-21(4)14-13-20(2)3/h6-10,19H,5,11-14H2,1-4H3. The summed E-state index contributed by atoms with van der Waals surface area (Å²) < 4.78 is 0. The fraction of sp³-hybridized carbons (Fsp3) is 0.588. The lowest BCUT2D eigenvalue weighted by molar-refractivity contribution is 0.254. The van der Waals surface area contributed by atoms with Crippen LogP contribution in [-0.4, -0.2) is 57.1 Å². The summed E-state index contributed by atoms with van der Waals surface area (Å²) in [5.41, 5.74) is 0.456. The van der Waals surface area contributed by atoms with Crippen molar-refractivity contribution in [3.05, 3.63) is 35.9 Å². The predicted octanol–water partition coefficient (Wildman–Crippen LogP) is 1.90. The highest BCUT2D eigenvalue weighted by Gasteiger charge is 2.31. The van der Waals surface area contributed by atoms with Crippen LogP contribution in [0.5, 0.6) is 0 Å². The van der Waals surface area contributed by atoms with Gasteiger partial charge in [-0.1, -0.05) is 37.3 Å². The first-order valence-corrected chi connectivity index (χ1v) is 7.59. The van der Waals surface area contributed by atoms with E-state index in [1.54, 1.807) is 0 Å². The van der Waals surface area contributed by atoms with Crippen LogP contribution in [0.1, 0.15) is 18.9 Å². The summed E-state index contributed by atoms with van der Waals surface area (Å²) >= 11 is 0. The molecule has 0 saturated heterocycles. The number of likely N-dealkylation sites (N-methyl/N-ethyl adjacent to an activating group) is 2. The number of benzene rings is 1. The van der Waals surface area contributed by atoms with Gasteiger partial charge in [-0.15, -0.1) is 0 Å². The Balaban J connectivity index is 2.73. The van der Waals surface area contributed by atoms with Crippen LogP contribution in [-0.2, 0) is 5.54 Å². The number of hydrogen-bond donors (Lipinski definition) is 1. The zero-order valence-corrected chi connectivity index (χ0v) is 13.8. The molecule has 21 heavy (non-hydrogen) atoms. The van der Waals surface area contributed by atoms with E-state index in [1.807, 2.05) is 37.3 Å². The molecule has 0 radical (unpaired) electrons. The largest absolute Gasteiger partial charge is 0.308 e. The molecule has 0 aliphatic heterocycles. The fourth-order valence-corrected chi connectivity index (χ4v) is 2.36.